The lowest BCUT2D eigenvalue weighted by atomic mass is 10.1. The average Bonchev–Trinajstić information content (AvgIpc) is 2.53. The van der Waals surface area contributed by atoms with E-state index in [1.807, 2.05) is 26.0 Å². The third-order valence-electron chi connectivity index (χ3n) is 3.17. The summed E-state index contributed by atoms with van der Waals surface area (Å²) in [7, 11) is 0. The largest absolute Gasteiger partial charge is 0.348 e. The maximum absolute atomic E-state index is 12.2. The smallest absolute Gasteiger partial charge is 0.319 e. The second kappa shape index (κ2) is 8.36. The fraction of sp³-hybridized carbons (Fsp3) is 0.222. The summed E-state index contributed by atoms with van der Waals surface area (Å²) in [6.07, 6.45) is 0. The molecule has 0 saturated carbocycles. The number of benzene rings is 2. The fourth-order valence-corrected chi connectivity index (χ4v) is 2.18. The predicted octanol–water partition coefficient (Wildman–Crippen LogP) is 3.80. The molecule has 2 aromatic rings. The summed E-state index contributed by atoms with van der Waals surface area (Å²) < 4.78 is 0. The van der Waals surface area contributed by atoms with Crippen LogP contribution in [0, 0.1) is 0 Å². The molecular weight excluding hydrogens is 326 g/mol. The van der Waals surface area contributed by atoms with Crippen LogP contribution >= 0.6 is 11.6 Å². The number of hydrogen-bond acceptors (Lipinski definition) is 2. The lowest BCUT2D eigenvalue weighted by Crippen LogP contribution is -2.34. The number of urea groups is 1. The van der Waals surface area contributed by atoms with Crippen molar-refractivity contribution in [3.8, 4) is 0 Å². The van der Waals surface area contributed by atoms with Gasteiger partial charge in [0.05, 0.1) is 0 Å². The van der Waals surface area contributed by atoms with E-state index in [2.05, 4.69) is 16.0 Å². The van der Waals surface area contributed by atoms with Gasteiger partial charge in [-0.3, -0.25) is 4.79 Å². The Morgan fingerprint density at radius 3 is 2.46 bits per heavy atom. The first-order chi connectivity index (χ1) is 11.4. The Bertz CT molecular complexity index is 714. The minimum absolute atomic E-state index is 0.0378. The molecule has 0 saturated heterocycles. The molecule has 2 aromatic carbocycles. The lowest BCUT2D eigenvalue weighted by Gasteiger charge is -2.11. The van der Waals surface area contributed by atoms with E-state index in [4.69, 9.17) is 11.6 Å². The standard InChI is InChI=1S/C18H20ClN3O2/c1-12(2)21-18(24)22-16-5-3-4-14(10-16)17(23)20-11-13-6-8-15(19)9-7-13/h3-10,12H,11H2,1-2H3,(H,20,23)(H2,21,22,24). The van der Waals surface area contributed by atoms with Gasteiger partial charge in [-0.25, -0.2) is 4.79 Å². The molecule has 3 N–H and O–H groups in total. The van der Waals surface area contributed by atoms with Gasteiger partial charge in [0.15, 0.2) is 0 Å². The van der Waals surface area contributed by atoms with Crippen LogP contribution in [0.5, 0.6) is 0 Å². The first kappa shape index (κ1) is 17.8. The molecule has 126 valence electrons. The molecule has 24 heavy (non-hydrogen) atoms. The number of anilines is 1. The Morgan fingerprint density at radius 1 is 1.08 bits per heavy atom. The zero-order chi connectivity index (χ0) is 17.5. The van der Waals surface area contributed by atoms with Gasteiger partial charge in [-0.15, -0.1) is 0 Å². The second-order valence-electron chi connectivity index (χ2n) is 5.64. The van der Waals surface area contributed by atoms with Crippen LogP contribution in [0.3, 0.4) is 0 Å². The Hall–Kier alpha value is -2.53. The van der Waals surface area contributed by atoms with Crippen molar-refractivity contribution in [3.05, 3.63) is 64.7 Å². The minimum Gasteiger partial charge on any atom is -0.348 e. The summed E-state index contributed by atoms with van der Waals surface area (Å²) in [6, 6.07) is 13.8. The van der Waals surface area contributed by atoms with Crippen molar-refractivity contribution < 1.29 is 9.59 Å². The van der Waals surface area contributed by atoms with E-state index in [1.54, 1.807) is 36.4 Å². The predicted molar refractivity (Wildman–Crippen MR) is 96.4 cm³/mol. The summed E-state index contributed by atoms with van der Waals surface area (Å²) in [5.41, 5.74) is 2.00. The second-order valence-corrected chi connectivity index (χ2v) is 6.08. The lowest BCUT2D eigenvalue weighted by molar-refractivity contribution is 0.0951. The molecule has 0 radical (unpaired) electrons. The van der Waals surface area contributed by atoms with Crippen LogP contribution in [-0.4, -0.2) is 18.0 Å². The highest BCUT2D eigenvalue weighted by molar-refractivity contribution is 6.30. The Balaban J connectivity index is 1.95. The Morgan fingerprint density at radius 2 is 1.79 bits per heavy atom. The van der Waals surface area contributed by atoms with Crippen molar-refractivity contribution in [3.63, 3.8) is 0 Å². The van der Waals surface area contributed by atoms with E-state index in [0.29, 0.717) is 22.8 Å². The van der Waals surface area contributed by atoms with E-state index in [9.17, 15) is 9.59 Å². The fourth-order valence-electron chi connectivity index (χ4n) is 2.05. The molecule has 2 rings (SSSR count). The third kappa shape index (κ3) is 5.59. The first-order valence-electron chi connectivity index (χ1n) is 7.64. The number of hydrogen-bond donors (Lipinski definition) is 3. The zero-order valence-electron chi connectivity index (χ0n) is 13.6. The van der Waals surface area contributed by atoms with Gasteiger partial charge in [-0.1, -0.05) is 29.8 Å². The maximum atomic E-state index is 12.2. The van der Waals surface area contributed by atoms with Crippen molar-refractivity contribution in [2.45, 2.75) is 26.4 Å². The van der Waals surface area contributed by atoms with E-state index >= 15 is 0 Å². The van der Waals surface area contributed by atoms with Crippen molar-refractivity contribution in [2.75, 3.05) is 5.32 Å². The number of rotatable bonds is 5. The van der Waals surface area contributed by atoms with E-state index in [1.165, 1.54) is 0 Å². The molecule has 0 spiro atoms. The van der Waals surface area contributed by atoms with Crippen molar-refractivity contribution in [1.82, 2.24) is 10.6 Å². The van der Waals surface area contributed by atoms with Gasteiger partial charge in [-0.05, 0) is 49.7 Å². The summed E-state index contributed by atoms with van der Waals surface area (Å²) in [4.78, 5) is 23.9. The summed E-state index contributed by atoms with van der Waals surface area (Å²) in [6.45, 7) is 4.15. The highest BCUT2D eigenvalue weighted by Gasteiger charge is 2.08. The van der Waals surface area contributed by atoms with Crippen molar-refractivity contribution >= 4 is 29.2 Å². The molecule has 0 aliphatic rings. The van der Waals surface area contributed by atoms with Crippen LogP contribution in [0.1, 0.15) is 29.8 Å². The van der Waals surface area contributed by atoms with Crippen LogP contribution in [0.4, 0.5) is 10.5 Å². The zero-order valence-corrected chi connectivity index (χ0v) is 14.4. The van der Waals surface area contributed by atoms with Gasteiger partial charge >= 0.3 is 6.03 Å². The molecule has 0 atom stereocenters. The summed E-state index contributed by atoms with van der Waals surface area (Å²) in [5, 5.41) is 8.93. The van der Waals surface area contributed by atoms with E-state index < -0.39 is 0 Å². The Labute approximate surface area is 146 Å². The summed E-state index contributed by atoms with van der Waals surface area (Å²) in [5.74, 6) is -0.210. The van der Waals surface area contributed by atoms with E-state index in [0.717, 1.165) is 5.56 Å². The van der Waals surface area contributed by atoms with Crippen LogP contribution in [0.25, 0.3) is 0 Å². The first-order valence-corrected chi connectivity index (χ1v) is 8.02. The molecule has 0 bridgehead atoms. The molecule has 6 heteroatoms. The third-order valence-corrected chi connectivity index (χ3v) is 3.42. The molecule has 0 aromatic heterocycles. The molecule has 0 aliphatic carbocycles. The highest BCUT2D eigenvalue weighted by Crippen LogP contribution is 2.12. The van der Waals surface area contributed by atoms with Gasteiger partial charge < -0.3 is 16.0 Å². The normalized spacial score (nSPS) is 10.3. The number of carbonyl (C=O) groups excluding carboxylic acids is 2. The van der Waals surface area contributed by atoms with E-state index in [-0.39, 0.29) is 18.0 Å². The van der Waals surface area contributed by atoms with Crippen LogP contribution in [0.15, 0.2) is 48.5 Å². The monoisotopic (exact) mass is 345 g/mol. The number of nitrogens with one attached hydrogen (secondary N) is 3. The van der Waals surface area contributed by atoms with Gasteiger partial charge in [0.1, 0.15) is 0 Å². The minimum atomic E-state index is -0.302. The molecule has 3 amide bonds. The highest BCUT2D eigenvalue weighted by atomic mass is 35.5. The van der Waals surface area contributed by atoms with Crippen LogP contribution in [-0.2, 0) is 6.54 Å². The van der Waals surface area contributed by atoms with Crippen molar-refractivity contribution in [1.29, 1.82) is 0 Å². The molecular formula is C18H20ClN3O2. The van der Waals surface area contributed by atoms with Gasteiger partial charge in [0.25, 0.3) is 5.91 Å². The van der Waals surface area contributed by atoms with Gasteiger partial charge in [0.2, 0.25) is 0 Å². The van der Waals surface area contributed by atoms with Crippen LogP contribution < -0.4 is 16.0 Å². The number of carbonyl (C=O) groups is 2. The number of halogens is 1. The SMILES string of the molecule is CC(C)NC(=O)Nc1cccc(C(=O)NCc2ccc(Cl)cc2)c1. The van der Waals surface area contributed by atoms with Gasteiger partial charge in [0, 0.05) is 28.9 Å². The quantitative estimate of drug-likeness (QED) is 0.771. The topological polar surface area (TPSA) is 70.2 Å². The van der Waals surface area contributed by atoms with Crippen LogP contribution in [0.2, 0.25) is 5.02 Å². The van der Waals surface area contributed by atoms with Gasteiger partial charge in [-0.2, -0.15) is 0 Å². The molecule has 5 nitrogen and oxygen atoms in total. The Kier molecular flexibility index (Phi) is 6.21. The summed E-state index contributed by atoms with van der Waals surface area (Å²) >= 11 is 5.83. The maximum Gasteiger partial charge on any atom is 0.319 e. The molecule has 0 unspecified atom stereocenters. The molecule has 0 heterocycles. The molecule has 0 aliphatic heterocycles. The van der Waals surface area contributed by atoms with Crippen molar-refractivity contribution in [2.24, 2.45) is 0 Å². The number of amides is 3. The average molecular weight is 346 g/mol. The molecule has 0 fully saturated rings.